The second kappa shape index (κ2) is 7.98. The summed E-state index contributed by atoms with van der Waals surface area (Å²) in [5.74, 6) is -0.354. The molecule has 2 aromatic rings. The smallest absolute Gasteiger partial charge is 0.377 e. The number of esters is 1. The van der Waals surface area contributed by atoms with E-state index in [1.165, 1.54) is 6.07 Å². The fourth-order valence-electron chi connectivity index (χ4n) is 1.96. The van der Waals surface area contributed by atoms with Crippen molar-refractivity contribution in [3.05, 3.63) is 47.3 Å². The number of aryl methyl sites for hydroxylation is 1. The minimum atomic E-state index is -0.717. The number of ether oxygens (including phenoxy) is 2. The third-order valence-electron chi connectivity index (χ3n) is 3.07. The molecule has 1 aromatic carbocycles. The summed E-state index contributed by atoms with van der Waals surface area (Å²) in [5.41, 5.74) is 1.56. The van der Waals surface area contributed by atoms with Crippen LogP contribution in [0, 0.1) is 6.92 Å². The van der Waals surface area contributed by atoms with Gasteiger partial charge in [-0.25, -0.2) is 4.79 Å². The SMILES string of the molecule is COc1ccccc1CCNC(=O)COC(=O)c1cc(C)no1. The normalized spacial score (nSPS) is 10.2. The molecule has 0 atom stereocenters. The van der Waals surface area contributed by atoms with E-state index < -0.39 is 5.97 Å². The number of hydrogen-bond acceptors (Lipinski definition) is 6. The Kier molecular flexibility index (Phi) is 5.74. The highest BCUT2D eigenvalue weighted by Gasteiger charge is 2.14. The lowest BCUT2D eigenvalue weighted by molar-refractivity contribution is -0.124. The van der Waals surface area contributed by atoms with Crippen LogP contribution in [-0.2, 0) is 16.0 Å². The fraction of sp³-hybridized carbons (Fsp3) is 0.312. The third kappa shape index (κ3) is 4.84. The quantitative estimate of drug-likeness (QED) is 0.778. The monoisotopic (exact) mass is 318 g/mol. The van der Waals surface area contributed by atoms with Crippen molar-refractivity contribution in [1.29, 1.82) is 0 Å². The maximum atomic E-state index is 11.7. The van der Waals surface area contributed by atoms with Crippen molar-refractivity contribution in [3.63, 3.8) is 0 Å². The van der Waals surface area contributed by atoms with Crippen LogP contribution in [0.15, 0.2) is 34.9 Å². The Morgan fingerprint density at radius 2 is 2.09 bits per heavy atom. The molecule has 1 amide bonds. The summed E-state index contributed by atoms with van der Waals surface area (Å²) >= 11 is 0. The van der Waals surface area contributed by atoms with Gasteiger partial charge in [-0.3, -0.25) is 4.79 Å². The van der Waals surface area contributed by atoms with Gasteiger partial charge in [-0.1, -0.05) is 23.4 Å². The fourth-order valence-corrected chi connectivity index (χ4v) is 1.96. The van der Waals surface area contributed by atoms with Gasteiger partial charge in [0.1, 0.15) is 5.75 Å². The highest BCUT2D eigenvalue weighted by molar-refractivity contribution is 5.88. The lowest BCUT2D eigenvalue weighted by atomic mass is 10.1. The predicted octanol–water partition coefficient (Wildman–Crippen LogP) is 1.51. The van der Waals surface area contributed by atoms with Gasteiger partial charge in [0.2, 0.25) is 5.76 Å². The predicted molar refractivity (Wildman–Crippen MR) is 81.2 cm³/mol. The molecule has 0 radical (unpaired) electrons. The number of aromatic nitrogens is 1. The van der Waals surface area contributed by atoms with Crippen LogP contribution in [0.4, 0.5) is 0 Å². The van der Waals surface area contributed by atoms with Gasteiger partial charge in [0.25, 0.3) is 5.91 Å². The highest BCUT2D eigenvalue weighted by atomic mass is 16.6. The number of para-hydroxylation sites is 1. The van der Waals surface area contributed by atoms with E-state index in [9.17, 15) is 9.59 Å². The molecule has 0 unspecified atom stereocenters. The molecule has 23 heavy (non-hydrogen) atoms. The third-order valence-corrected chi connectivity index (χ3v) is 3.07. The first kappa shape index (κ1) is 16.5. The highest BCUT2D eigenvalue weighted by Crippen LogP contribution is 2.17. The number of nitrogens with one attached hydrogen (secondary N) is 1. The minimum absolute atomic E-state index is 0.0238. The molecule has 7 heteroatoms. The largest absolute Gasteiger partial charge is 0.496 e. The molecular weight excluding hydrogens is 300 g/mol. The van der Waals surface area contributed by atoms with E-state index in [0.717, 1.165) is 11.3 Å². The van der Waals surface area contributed by atoms with Crippen molar-refractivity contribution in [2.45, 2.75) is 13.3 Å². The van der Waals surface area contributed by atoms with E-state index >= 15 is 0 Å². The number of hydrogen-bond donors (Lipinski definition) is 1. The maximum absolute atomic E-state index is 11.7. The number of rotatable bonds is 7. The summed E-state index contributed by atoms with van der Waals surface area (Å²) < 4.78 is 14.8. The molecule has 0 saturated carbocycles. The van der Waals surface area contributed by atoms with Gasteiger partial charge in [-0.2, -0.15) is 0 Å². The van der Waals surface area contributed by atoms with Gasteiger partial charge in [0, 0.05) is 12.6 Å². The molecule has 7 nitrogen and oxygen atoms in total. The van der Waals surface area contributed by atoms with E-state index in [1.54, 1.807) is 14.0 Å². The zero-order chi connectivity index (χ0) is 16.7. The van der Waals surface area contributed by atoms with Crippen molar-refractivity contribution >= 4 is 11.9 Å². The van der Waals surface area contributed by atoms with Gasteiger partial charge in [0.15, 0.2) is 6.61 Å². The van der Waals surface area contributed by atoms with Crippen LogP contribution >= 0.6 is 0 Å². The number of methoxy groups -OCH3 is 1. The standard InChI is InChI=1S/C16H18N2O5/c1-11-9-14(23-18-11)16(20)22-10-15(19)17-8-7-12-5-3-4-6-13(12)21-2/h3-6,9H,7-8,10H2,1-2H3,(H,17,19). The number of benzene rings is 1. The molecule has 2 rings (SSSR count). The van der Waals surface area contributed by atoms with Crippen molar-refractivity contribution in [2.75, 3.05) is 20.3 Å². The number of nitrogens with zero attached hydrogens (tertiary/aromatic N) is 1. The summed E-state index contributed by atoms with van der Waals surface area (Å²) in [6.45, 7) is 1.73. The second-order valence-electron chi connectivity index (χ2n) is 4.82. The van der Waals surface area contributed by atoms with Crippen molar-refractivity contribution in [2.24, 2.45) is 0 Å². The molecular formula is C16H18N2O5. The first-order valence-corrected chi connectivity index (χ1v) is 7.09. The molecule has 122 valence electrons. The molecule has 0 saturated heterocycles. The molecule has 1 N–H and O–H groups in total. The van der Waals surface area contributed by atoms with Crippen LogP contribution < -0.4 is 10.1 Å². The Balaban J connectivity index is 1.72. The van der Waals surface area contributed by atoms with E-state index in [-0.39, 0.29) is 18.3 Å². The maximum Gasteiger partial charge on any atom is 0.377 e. The van der Waals surface area contributed by atoms with Crippen molar-refractivity contribution in [1.82, 2.24) is 10.5 Å². The summed E-state index contributed by atoms with van der Waals surface area (Å²) in [7, 11) is 1.60. The van der Waals surface area contributed by atoms with E-state index in [0.29, 0.717) is 18.7 Å². The van der Waals surface area contributed by atoms with Crippen LogP contribution in [0.3, 0.4) is 0 Å². The van der Waals surface area contributed by atoms with E-state index in [1.807, 2.05) is 24.3 Å². The second-order valence-corrected chi connectivity index (χ2v) is 4.82. The van der Waals surface area contributed by atoms with Gasteiger partial charge in [0.05, 0.1) is 12.8 Å². The Morgan fingerprint density at radius 1 is 1.30 bits per heavy atom. The summed E-state index contributed by atoms with van der Waals surface area (Å²) in [5, 5.41) is 6.25. The van der Waals surface area contributed by atoms with Crippen LogP contribution in [0.5, 0.6) is 5.75 Å². The molecule has 0 aliphatic rings. The Bertz CT molecular complexity index is 681. The summed E-state index contributed by atoms with van der Waals surface area (Å²) in [6.07, 6.45) is 0.616. The van der Waals surface area contributed by atoms with Crippen LogP contribution in [0.2, 0.25) is 0 Å². The molecule has 1 heterocycles. The Morgan fingerprint density at radius 3 is 2.78 bits per heavy atom. The van der Waals surface area contributed by atoms with Gasteiger partial charge in [-0.05, 0) is 25.0 Å². The molecule has 0 bridgehead atoms. The average molecular weight is 318 g/mol. The van der Waals surface area contributed by atoms with E-state index in [4.69, 9.17) is 14.0 Å². The zero-order valence-electron chi connectivity index (χ0n) is 13.0. The molecule has 0 spiro atoms. The Labute approximate surface area is 133 Å². The van der Waals surface area contributed by atoms with Crippen LogP contribution in [0.25, 0.3) is 0 Å². The van der Waals surface area contributed by atoms with E-state index in [2.05, 4.69) is 10.5 Å². The van der Waals surface area contributed by atoms with Gasteiger partial charge in [-0.15, -0.1) is 0 Å². The van der Waals surface area contributed by atoms with Crippen molar-refractivity contribution in [3.8, 4) is 5.75 Å². The summed E-state index contributed by atoms with van der Waals surface area (Å²) in [4.78, 5) is 23.3. The number of carbonyl (C=O) groups is 2. The van der Waals surface area contributed by atoms with Crippen LogP contribution in [0.1, 0.15) is 21.8 Å². The average Bonchev–Trinajstić information content (AvgIpc) is 2.99. The Hall–Kier alpha value is -2.83. The molecule has 0 aliphatic heterocycles. The first-order valence-electron chi connectivity index (χ1n) is 7.09. The first-order chi connectivity index (χ1) is 11.1. The van der Waals surface area contributed by atoms with Gasteiger partial charge < -0.3 is 19.3 Å². The minimum Gasteiger partial charge on any atom is -0.496 e. The number of carbonyl (C=O) groups excluding carboxylic acids is 2. The molecule has 1 aromatic heterocycles. The molecule has 0 aliphatic carbocycles. The topological polar surface area (TPSA) is 90.7 Å². The van der Waals surface area contributed by atoms with Crippen LogP contribution in [-0.4, -0.2) is 37.3 Å². The summed E-state index contributed by atoms with van der Waals surface area (Å²) in [6, 6.07) is 9.02. The van der Waals surface area contributed by atoms with Crippen molar-refractivity contribution < 1.29 is 23.6 Å². The zero-order valence-corrected chi connectivity index (χ0v) is 13.0. The number of amides is 1. The van der Waals surface area contributed by atoms with Gasteiger partial charge >= 0.3 is 5.97 Å². The lowest BCUT2D eigenvalue weighted by Gasteiger charge is -2.09. The molecule has 0 fully saturated rings. The lowest BCUT2D eigenvalue weighted by Crippen LogP contribution is -2.30.